The first-order valence-corrected chi connectivity index (χ1v) is 7.45. The minimum atomic E-state index is -0.921. The molecule has 1 aromatic carbocycles. The fourth-order valence-electron chi connectivity index (χ4n) is 2.00. The summed E-state index contributed by atoms with van der Waals surface area (Å²) in [6, 6.07) is 10.1. The third kappa shape index (κ3) is 4.78. The zero-order valence-electron chi connectivity index (χ0n) is 14.2. The second-order valence-electron chi connectivity index (χ2n) is 5.54. The van der Waals surface area contributed by atoms with Crippen LogP contribution in [0.3, 0.4) is 0 Å². The van der Waals surface area contributed by atoms with Crippen LogP contribution in [0, 0.1) is 11.3 Å². The van der Waals surface area contributed by atoms with E-state index in [1.54, 1.807) is 53.3 Å². The number of halogens is 1. The first kappa shape index (κ1) is 17.9. The van der Waals surface area contributed by atoms with Crippen LogP contribution in [-0.2, 0) is 11.8 Å². The molecule has 1 N–H and O–H groups in total. The van der Waals surface area contributed by atoms with E-state index in [9.17, 15) is 14.4 Å². The van der Waals surface area contributed by atoms with Crippen molar-refractivity contribution >= 4 is 29.7 Å². The van der Waals surface area contributed by atoms with E-state index in [2.05, 4.69) is 10.3 Å². The van der Waals surface area contributed by atoms with Gasteiger partial charge in [0.25, 0.3) is 5.91 Å². The molecule has 0 unspecified atom stereocenters. The van der Waals surface area contributed by atoms with Crippen LogP contribution in [0.1, 0.15) is 11.3 Å². The number of nitriles is 1. The molecule has 0 aliphatic heterocycles. The maximum atomic E-state index is 14.0. The van der Waals surface area contributed by atoms with Gasteiger partial charge in [-0.25, -0.2) is 9.38 Å². The lowest BCUT2D eigenvalue weighted by Gasteiger charge is -2.07. The van der Waals surface area contributed by atoms with Crippen LogP contribution < -0.4 is 5.32 Å². The normalized spacial score (nSPS) is 11.4. The molecule has 2 rings (SSSR count). The van der Waals surface area contributed by atoms with Crippen molar-refractivity contribution in [1.29, 1.82) is 5.26 Å². The molecule has 7 heteroatoms. The van der Waals surface area contributed by atoms with Crippen molar-refractivity contribution in [2.24, 2.45) is 12.0 Å². The molecule has 0 bridgehead atoms. The van der Waals surface area contributed by atoms with Crippen molar-refractivity contribution in [3.63, 3.8) is 0 Å². The summed E-state index contributed by atoms with van der Waals surface area (Å²) < 4.78 is 15.7. The van der Waals surface area contributed by atoms with E-state index in [0.29, 0.717) is 17.1 Å². The smallest absolute Gasteiger partial charge is 0.284 e. The van der Waals surface area contributed by atoms with Gasteiger partial charge in [-0.1, -0.05) is 0 Å². The van der Waals surface area contributed by atoms with Crippen molar-refractivity contribution < 1.29 is 9.18 Å². The minimum absolute atomic E-state index is 0.280. The molecule has 1 aromatic heterocycles. The Bertz CT molecular complexity index is 874. The number of hydrogen-bond acceptors (Lipinski definition) is 3. The molecule has 0 saturated carbocycles. The van der Waals surface area contributed by atoms with E-state index in [-0.39, 0.29) is 5.56 Å². The lowest BCUT2D eigenvalue weighted by molar-refractivity contribution is -0.114. The van der Waals surface area contributed by atoms with E-state index in [0.717, 1.165) is 6.08 Å². The Morgan fingerprint density at radius 3 is 2.76 bits per heavy atom. The Labute approximate surface area is 145 Å². The molecule has 0 aliphatic carbocycles. The van der Waals surface area contributed by atoms with Gasteiger partial charge in [0.1, 0.15) is 6.07 Å². The molecule has 128 valence electrons. The van der Waals surface area contributed by atoms with Crippen LogP contribution >= 0.6 is 0 Å². The summed E-state index contributed by atoms with van der Waals surface area (Å²) in [6.07, 6.45) is 4.47. The fraction of sp³-hybridized carbons (Fsp3) is 0.167. The molecular weight excluding hydrogens is 321 g/mol. The molecule has 25 heavy (non-hydrogen) atoms. The van der Waals surface area contributed by atoms with Gasteiger partial charge >= 0.3 is 0 Å². The van der Waals surface area contributed by atoms with Gasteiger partial charge in [-0.05, 0) is 30.3 Å². The van der Waals surface area contributed by atoms with E-state index >= 15 is 0 Å². The van der Waals surface area contributed by atoms with E-state index < -0.39 is 11.7 Å². The zero-order chi connectivity index (χ0) is 18.4. The van der Waals surface area contributed by atoms with E-state index in [1.807, 2.05) is 20.2 Å². The van der Waals surface area contributed by atoms with Gasteiger partial charge < -0.3 is 14.8 Å². The van der Waals surface area contributed by atoms with Crippen LogP contribution in [0.5, 0.6) is 0 Å². The third-order valence-corrected chi connectivity index (χ3v) is 3.28. The number of anilines is 1. The van der Waals surface area contributed by atoms with Crippen molar-refractivity contribution in [3.05, 3.63) is 53.6 Å². The van der Waals surface area contributed by atoms with Gasteiger partial charge in [0, 0.05) is 44.8 Å². The van der Waals surface area contributed by atoms with Gasteiger partial charge in [0.15, 0.2) is 5.83 Å². The number of nitrogens with zero attached hydrogens (tertiary/aromatic N) is 4. The molecule has 0 aliphatic rings. The second-order valence-corrected chi connectivity index (χ2v) is 5.54. The maximum absolute atomic E-state index is 14.0. The molecule has 0 saturated heterocycles. The number of carbonyl (C=O) groups is 1. The summed E-state index contributed by atoms with van der Waals surface area (Å²) in [4.78, 5) is 17.9. The van der Waals surface area contributed by atoms with Gasteiger partial charge in [0.05, 0.1) is 17.6 Å². The highest BCUT2D eigenvalue weighted by molar-refractivity contribution is 6.05. The summed E-state index contributed by atoms with van der Waals surface area (Å²) in [5.74, 6) is -1.80. The van der Waals surface area contributed by atoms with Gasteiger partial charge in [-0.3, -0.25) is 4.79 Å². The summed E-state index contributed by atoms with van der Waals surface area (Å²) in [6.45, 7) is 0. The molecular formula is C18H18FN5O. The highest BCUT2D eigenvalue weighted by Crippen LogP contribution is 2.23. The standard InChI is InChI=1S/C18H18FN5O/c1-23(2)12-21-17-7-6-14(9-13(17)11-20)22-18(25)16(19)10-15-5-4-8-24(15)3/h4-10,12H,1-3H3,(H,22,25)/b16-10+,21-12+. The number of rotatable bonds is 5. The van der Waals surface area contributed by atoms with Gasteiger partial charge in [-0.2, -0.15) is 5.26 Å². The number of amides is 1. The molecule has 2 aromatic rings. The Hall–Kier alpha value is -3.40. The van der Waals surface area contributed by atoms with Crippen molar-refractivity contribution in [3.8, 4) is 6.07 Å². The number of hydrogen-bond donors (Lipinski definition) is 1. The molecule has 0 spiro atoms. The Morgan fingerprint density at radius 2 is 2.16 bits per heavy atom. The number of carbonyl (C=O) groups excluding carboxylic acids is 1. The number of benzene rings is 1. The molecule has 1 amide bonds. The van der Waals surface area contributed by atoms with Crippen LogP contribution in [0.15, 0.2) is 47.3 Å². The first-order valence-electron chi connectivity index (χ1n) is 7.45. The highest BCUT2D eigenvalue weighted by atomic mass is 19.1. The number of aliphatic imine (C=N–C) groups is 1. The van der Waals surface area contributed by atoms with Crippen molar-refractivity contribution in [2.45, 2.75) is 0 Å². The zero-order valence-corrected chi connectivity index (χ0v) is 14.2. The largest absolute Gasteiger partial charge is 0.369 e. The second kappa shape index (κ2) is 7.93. The molecule has 0 radical (unpaired) electrons. The van der Waals surface area contributed by atoms with Crippen LogP contribution in [0.2, 0.25) is 0 Å². The quantitative estimate of drug-likeness (QED) is 0.517. The Balaban J connectivity index is 2.17. The lowest BCUT2D eigenvalue weighted by Crippen LogP contribution is -2.12. The summed E-state index contributed by atoms with van der Waals surface area (Å²) >= 11 is 0. The van der Waals surface area contributed by atoms with Gasteiger partial charge in [-0.15, -0.1) is 0 Å². The number of nitrogens with one attached hydrogen (secondary N) is 1. The number of aryl methyl sites for hydroxylation is 1. The predicted octanol–water partition coefficient (Wildman–Crippen LogP) is 3.07. The van der Waals surface area contributed by atoms with Crippen LogP contribution in [-0.4, -0.2) is 35.8 Å². The highest BCUT2D eigenvalue weighted by Gasteiger charge is 2.11. The lowest BCUT2D eigenvalue weighted by atomic mass is 10.1. The van der Waals surface area contributed by atoms with Crippen LogP contribution in [0.4, 0.5) is 15.8 Å². The topological polar surface area (TPSA) is 73.4 Å². The monoisotopic (exact) mass is 339 g/mol. The average molecular weight is 339 g/mol. The minimum Gasteiger partial charge on any atom is -0.369 e. The summed E-state index contributed by atoms with van der Waals surface area (Å²) in [7, 11) is 5.38. The van der Waals surface area contributed by atoms with Crippen molar-refractivity contribution in [2.75, 3.05) is 19.4 Å². The summed E-state index contributed by atoms with van der Waals surface area (Å²) in [5.41, 5.74) is 1.64. The average Bonchev–Trinajstić information content (AvgIpc) is 2.98. The third-order valence-electron chi connectivity index (χ3n) is 3.28. The van der Waals surface area contributed by atoms with Gasteiger partial charge in [0.2, 0.25) is 0 Å². The van der Waals surface area contributed by atoms with E-state index in [4.69, 9.17) is 0 Å². The summed E-state index contributed by atoms with van der Waals surface area (Å²) in [5, 5.41) is 11.7. The van der Waals surface area contributed by atoms with Crippen LogP contribution in [0.25, 0.3) is 6.08 Å². The molecule has 0 atom stereocenters. The first-order chi connectivity index (χ1) is 11.9. The maximum Gasteiger partial charge on any atom is 0.284 e. The SMILES string of the molecule is CN(C)/C=N/c1ccc(NC(=O)/C(F)=C\c2cccn2C)cc1C#N. The van der Waals surface area contributed by atoms with E-state index in [1.165, 1.54) is 6.07 Å². The predicted molar refractivity (Wildman–Crippen MR) is 96.1 cm³/mol. The molecule has 0 fully saturated rings. The molecule has 1 heterocycles. The number of aromatic nitrogens is 1. The van der Waals surface area contributed by atoms with Crippen molar-refractivity contribution in [1.82, 2.24) is 9.47 Å². The Morgan fingerprint density at radius 1 is 1.40 bits per heavy atom. The fourth-order valence-corrected chi connectivity index (χ4v) is 2.00. The Kier molecular flexibility index (Phi) is 5.69. The molecule has 6 nitrogen and oxygen atoms in total.